The molecule has 0 bridgehead atoms. The fourth-order valence-corrected chi connectivity index (χ4v) is 2.18. The second-order valence-electron chi connectivity index (χ2n) is 4.35. The van der Waals surface area contributed by atoms with E-state index >= 15 is 0 Å². The van der Waals surface area contributed by atoms with Crippen LogP contribution in [0.4, 0.5) is 5.82 Å². The molecule has 0 spiro atoms. The minimum absolute atomic E-state index is 0.132. The third kappa shape index (κ3) is 3.65. The van der Waals surface area contributed by atoms with Gasteiger partial charge in [0.15, 0.2) is 0 Å². The van der Waals surface area contributed by atoms with E-state index in [0.717, 1.165) is 15.6 Å². The van der Waals surface area contributed by atoms with E-state index in [1.165, 1.54) is 0 Å². The van der Waals surface area contributed by atoms with E-state index in [0.29, 0.717) is 11.4 Å². The molecule has 1 aromatic heterocycles. The van der Waals surface area contributed by atoms with Gasteiger partial charge in [0.2, 0.25) is 5.91 Å². The van der Waals surface area contributed by atoms with E-state index in [2.05, 4.69) is 26.2 Å². The van der Waals surface area contributed by atoms with Crippen molar-refractivity contribution >= 4 is 27.7 Å². The minimum atomic E-state index is -0.132. The van der Waals surface area contributed by atoms with Gasteiger partial charge in [0, 0.05) is 10.7 Å². The summed E-state index contributed by atoms with van der Waals surface area (Å²) in [6.07, 6.45) is 1.90. The lowest BCUT2D eigenvalue weighted by atomic mass is 10.1. The van der Waals surface area contributed by atoms with E-state index in [9.17, 15) is 4.79 Å². The molecule has 0 saturated heterocycles. The van der Waals surface area contributed by atoms with Crippen molar-refractivity contribution in [2.75, 3.05) is 5.32 Å². The molecule has 4 nitrogen and oxygen atoms in total. The fraction of sp³-hybridized carbons (Fsp3) is 0.133. The minimum Gasteiger partial charge on any atom is -0.310 e. The predicted molar refractivity (Wildman–Crippen MR) is 80.2 cm³/mol. The number of hydrogen-bond acceptors (Lipinski definition) is 3. The summed E-state index contributed by atoms with van der Waals surface area (Å²) in [6, 6.07) is 10.9. The second kappa shape index (κ2) is 6.31. The number of halogens is 1. The van der Waals surface area contributed by atoms with Gasteiger partial charge in [0.1, 0.15) is 5.82 Å². The van der Waals surface area contributed by atoms with Crippen molar-refractivity contribution in [2.45, 2.75) is 13.3 Å². The van der Waals surface area contributed by atoms with Crippen LogP contribution < -0.4 is 5.32 Å². The smallest absolute Gasteiger partial charge is 0.229 e. The maximum Gasteiger partial charge on any atom is 0.229 e. The van der Waals surface area contributed by atoms with Crippen LogP contribution in [-0.2, 0) is 11.2 Å². The Morgan fingerprint density at radius 2 is 2.10 bits per heavy atom. The number of nitrogens with one attached hydrogen (secondary N) is 1. The molecule has 100 valence electrons. The SMILES string of the molecule is Cc1cc(Br)cnc1NC(=O)Cc1ccc(C#N)cc1. The van der Waals surface area contributed by atoms with Crippen LogP contribution in [0.1, 0.15) is 16.7 Å². The number of hydrogen-bond donors (Lipinski definition) is 1. The van der Waals surface area contributed by atoms with Crippen molar-refractivity contribution in [3.63, 3.8) is 0 Å². The number of carbonyl (C=O) groups excluding carboxylic acids is 1. The van der Waals surface area contributed by atoms with Crippen LogP contribution in [0.5, 0.6) is 0 Å². The molecular weight excluding hydrogens is 318 g/mol. The van der Waals surface area contributed by atoms with Crippen molar-refractivity contribution in [1.82, 2.24) is 4.98 Å². The number of carbonyl (C=O) groups is 1. The number of pyridine rings is 1. The van der Waals surface area contributed by atoms with E-state index < -0.39 is 0 Å². The van der Waals surface area contributed by atoms with E-state index in [4.69, 9.17) is 5.26 Å². The molecule has 0 aliphatic rings. The van der Waals surface area contributed by atoms with Crippen LogP contribution in [0.25, 0.3) is 0 Å². The third-order valence-corrected chi connectivity index (χ3v) is 3.18. The van der Waals surface area contributed by atoms with E-state index in [1.807, 2.05) is 19.1 Å². The number of amides is 1. The first-order valence-corrected chi connectivity index (χ1v) is 6.79. The monoisotopic (exact) mass is 329 g/mol. The zero-order valence-corrected chi connectivity index (χ0v) is 12.4. The summed E-state index contributed by atoms with van der Waals surface area (Å²) in [5.74, 6) is 0.430. The van der Waals surface area contributed by atoms with Crippen LogP contribution >= 0.6 is 15.9 Å². The van der Waals surface area contributed by atoms with Gasteiger partial charge in [0.25, 0.3) is 0 Å². The molecule has 0 unspecified atom stereocenters. The highest BCUT2D eigenvalue weighted by Crippen LogP contribution is 2.17. The standard InChI is InChI=1S/C15H12BrN3O/c1-10-6-13(16)9-18-15(10)19-14(20)7-11-2-4-12(8-17)5-3-11/h2-6,9H,7H2,1H3,(H,18,19,20). The first-order chi connectivity index (χ1) is 9.58. The van der Waals surface area contributed by atoms with Gasteiger partial charge in [-0.25, -0.2) is 4.98 Å². The number of anilines is 1. The number of benzene rings is 1. The Balaban J connectivity index is 2.03. The van der Waals surface area contributed by atoms with Crippen LogP contribution in [0.2, 0.25) is 0 Å². The van der Waals surface area contributed by atoms with Gasteiger partial charge in [-0.15, -0.1) is 0 Å². The highest BCUT2D eigenvalue weighted by Gasteiger charge is 2.07. The van der Waals surface area contributed by atoms with Crippen molar-refractivity contribution in [1.29, 1.82) is 5.26 Å². The summed E-state index contributed by atoms with van der Waals surface area (Å²) in [6.45, 7) is 1.88. The lowest BCUT2D eigenvalue weighted by molar-refractivity contribution is -0.115. The Labute approximate surface area is 125 Å². The van der Waals surface area contributed by atoms with Gasteiger partial charge >= 0.3 is 0 Å². The van der Waals surface area contributed by atoms with Crippen molar-refractivity contribution < 1.29 is 4.79 Å². The summed E-state index contributed by atoms with van der Waals surface area (Å²) >= 11 is 3.33. The number of rotatable bonds is 3. The van der Waals surface area contributed by atoms with Gasteiger partial charge in [-0.05, 0) is 52.2 Å². The maximum absolute atomic E-state index is 11.9. The van der Waals surface area contributed by atoms with Gasteiger partial charge in [0.05, 0.1) is 18.1 Å². The number of nitrogens with zero attached hydrogens (tertiary/aromatic N) is 2. The molecule has 0 aliphatic heterocycles. The van der Waals surface area contributed by atoms with Crippen LogP contribution in [0.15, 0.2) is 41.0 Å². The molecule has 0 aliphatic carbocycles. The van der Waals surface area contributed by atoms with Crippen molar-refractivity contribution in [3.8, 4) is 6.07 Å². The fourth-order valence-electron chi connectivity index (χ4n) is 1.73. The molecule has 0 atom stereocenters. The molecule has 1 heterocycles. The number of aryl methyl sites for hydroxylation is 1. The molecule has 1 N–H and O–H groups in total. The quantitative estimate of drug-likeness (QED) is 0.940. The average Bonchev–Trinajstić information content (AvgIpc) is 2.43. The van der Waals surface area contributed by atoms with Crippen molar-refractivity contribution in [3.05, 3.63) is 57.7 Å². The molecule has 1 amide bonds. The maximum atomic E-state index is 11.9. The van der Waals surface area contributed by atoms with Gasteiger partial charge in [-0.1, -0.05) is 12.1 Å². The van der Waals surface area contributed by atoms with Crippen LogP contribution in [-0.4, -0.2) is 10.9 Å². The molecule has 2 aromatic rings. The van der Waals surface area contributed by atoms with E-state index in [-0.39, 0.29) is 12.3 Å². The third-order valence-electron chi connectivity index (χ3n) is 2.75. The van der Waals surface area contributed by atoms with Gasteiger partial charge < -0.3 is 5.32 Å². The molecule has 0 saturated carbocycles. The molecule has 20 heavy (non-hydrogen) atoms. The summed E-state index contributed by atoms with van der Waals surface area (Å²) < 4.78 is 0.875. The Hall–Kier alpha value is -2.19. The Morgan fingerprint density at radius 1 is 1.40 bits per heavy atom. The summed E-state index contributed by atoms with van der Waals surface area (Å²) in [7, 11) is 0. The van der Waals surface area contributed by atoms with Crippen molar-refractivity contribution in [2.24, 2.45) is 0 Å². The van der Waals surface area contributed by atoms with Gasteiger partial charge in [-0.2, -0.15) is 5.26 Å². The Morgan fingerprint density at radius 3 is 2.70 bits per heavy atom. The highest BCUT2D eigenvalue weighted by atomic mass is 79.9. The van der Waals surface area contributed by atoms with Gasteiger partial charge in [-0.3, -0.25) is 4.79 Å². The Bertz CT molecular complexity index is 675. The normalized spacial score (nSPS) is 9.85. The molecule has 5 heteroatoms. The van der Waals surface area contributed by atoms with Crippen LogP contribution in [0.3, 0.4) is 0 Å². The molecule has 2 rings (SSSR count). The van der Waals surface area contributed by atoms with Crippen LogP contribution in [0, 0.1) is 18.3 Å². The summed E-state index contributed by atoms with van der Waals surface area (Å²) in [5, 5.41) is 11.5. The molecule has 0 fully saturated rings. The zero-order valence-electron chi connectivity index (χ0n) is 10.9. The lowest BCUT2D eigenvalue weighted by Crippen LogP contribution is -2.16. The first kappa shape index (κ1) is 14.2. The largest absolute Gasteiger partial charge is 0.310 e. The zero-order chi connectivity index (χ0) is 14.5. The Kier molecular flexibility index (Phi) is 4.49. The number of nitriles is 1. The highest BCUT2D eigenvalue weighted by molar-refractivity contribution is 9.10. The predicted octanol–water partition coefficient (Wildman–Crippen LogP) is 3.21. The van der Waals surface area contributed by atoms with E-state index in [1.54, 1.807) is 30.5 Å². The average molecular weight is 330 g/mol. The summed E-state index contributed by atoms with van der Waals surface area (Å²) in [5.41, 5.74) is 2.34. The molecule has 1 aromatic carbocycles. The second-order valence-corrected chi connectivity index (χ2v) is 5.27. The first-order valence-electron chi connectivity index (χ1n) is 5.99. The molecule has 0 radical (unpaired) electrons. The molecular formula is C15H12BrN3O. The lowest BCUT2D eigenvalue weighted by Gasteiger charge is -2.07. The number of aromatic nitrogens is 1. The summed E-state index contributed by atoms with van der Waals surface area (Å²) in [4.78, 5) is 16.1. The topological polar surface area (TPSA) is 65.8 Å².